The number of carbonyl (C=O) groups is 1. The number of hydrogen-bond acceptors (Lipinski definition) is 2. The molecule has 0 saturated carbocycles. The first-order valence-electron chi connectivity index (χ1n) is 6.20. The quantitative estimate of drug-likeness (QED) is 0.850. The number of ketones is 1. The molecule has 4 heteroatoms. The first-order chi connectivity index (χ1) is 8.61. The Morgan fingerprint density at radius 2 is 2.33 bits per heavy atom. The van der Waals surface area contributed by atoms with Gasteiger partial charge in [0.05, 0.1) is 6.10 Å². The predicted molar refractivity (Wildman–Crippen MR) is 70.9 cm³/mol. The van der Waals surface area contributed by atoms with E-state index < -0.39 is 0 Å². The van der Waals surface area contributed by atoms with Crippen LogP contribution in [0.2, 0.25) is 0 Å². The van der Waals surface area contributed by atoms with Gasteiger partial charge >= 0.3 is 0 Å². The number of benzene rings is 1. The van der Waals surface area contributed by atoms with Gasteiger partial charge in [0, 0.05) is 23.4 Å². The van der Waals surface area contributed by atoms with Gasteiger partial charge in [-0.3, -0.25) is 4.79 Å². The smallest absolute Gasteiger partial charge is 0.143 e. The van der Waals surface area contributed by atoms with Crippen molar-refractivity contribution in [1.82, 2.24) is 0 Å². The molecule has 1 aromatic carbocycles. The van der Waals surface area contributed by atoms with E-state index in [2.05, 4.69) is 15.9 Å². The van der Waals surface area contributed by atoms with E-state index in [0.717, 1.165) is 18.4 Å². The second-order valence-electron chi connectivity index (χ2n) is 4.59. The highest BCUT2D eigenvalue weighted by molar-refractivity contribution is 9.10. The van der Waals surface area contributed by atoms with E-state index in [1.807, 2.05) is 6.92 Å². The average molecular weight is 315 g/mol. The van der Waals surface area contributed by atoms with Gasteiger partial charge in [-0.2, -0.15) is 0 Å². The van der Waals surface area contributed by atoms with Gasteiger partial charge in [-0.25, -0.2) is 4.39 Å². The van der Waals surface area contributed by atoms with E-state index in [9.17, 15) is 9.18 Å². The summed E-state index contributed by atoms with van der Waals surface area (Å²) in [6.45, 7) is 2.70. The van der Waals surface area contributed by atoms with Gasteiger partial charge in [0.2, 0.25) is 0 Å². The number of ether oxygens (including phenoxy) is 1. The molecule has 1 fully saturated rings. The molecule has 0 bridgehead atoms. The normalized spacial score (nSPS) is 23.3. The Morgan fingerprint density at radius 3 is 3.00 bits per heavy atom. The Labute approximate surface area is 115 Å². The molecule has 2 unspecified atom stereocenters. The van der Waals surface area contributed by atoms with Crippen LogP contribution >= 0.6 is 15.9 Å². The molecule has 1 aliphatic rings. The molecule has 0 aromatic heterocycles. The fourth-order valence-electron chi connectivity index (χ4n) is 2.40. The zero-order valence-corrected chi connectivity index (χ0v) is 11.9. The Kier molecular flexibility index (Phi) is 4.51. The van der Waals surface area contributed by atoms with E-state index in [4.69, 9.17) is 4.74 Å². The van der Waals surface area contributed by atoms with Gasteiger partial charge in [-0.15, -0.1) is 0 Å². The van der Waals surface area contributed by atoms with Crippen molar-refractivity contribution in [2.45, 2.75) is 32.3 Å². The van der Waals surface area contributed by atoms with Gasteiger partial charge < -0.3 is 4.74 Å². The standard InChI is InChI=1S/C14H16BrFO2/c1-2-14-11(5-6-18-14)13(17)7-9-3-4-10(16)8-12(9)15/h3-4,8,11,14H,2,5-7H2,1H3. The maximum Gasteiger partial charge on any atom is 0.143 e. The Balaban J connectivity index is 2.07. The molecule has 2 atom stereocenters. The lowest BCUT2D eigenvalue weighted by Crippen LogP contribution is -2.25. The van der Waals surface area contributed by atoms with Crippen molar-refractivity contribution in [3.05, 3.63) is 34.1 Å². The lowest BCUT2D eigenvalue weighted by atomic mass is 9.91. The van der Waals surface area contributed by atoms with Crippen LogP contribution in [0.15, 0.2) is 22.7 Å². The third kappa shape index (κ3) is 2.98. The van der Waals surface area contributed by atoms with E-state index in [1.165, 1.54) is 12.1 Å². The maximum absolute atomic E-state index is 13.0. The number of carbonyl (C=O) groups excluding carboxylic acids is 1. The lowest BCUT2D eigenvalue weighted by Gasteiger charge is -2.15. The fourth-order valence-corrected chi connectivity index (χ4v) is 2.89. The summed E-state index contributed by atoms with van der Waals surface area (Å²) in [6, 6.07) is 4.44. The van der Waals surface area contributed by atoms with Crippen LogP contribution in [0.5, 0.6) is 0 Å². The molecule has 0 radical (unpaired) electrons. The maximum atomic E-state index is 13.0. The van der Waals surface area contributed by atoms with Crippen LogP contribution in [0.1, 0.15) is 25.3 Å². The van der Waals surface area contributed by atoms with Gasteiger partial charge in [-0.05, 0) is 30.5 Å². The van der Waals surface area contributed by atoms with E-state index >= 15 is 0 Å². The summed E-state index contributed by atoms with van der Waals surface area (Å²) in [5.41, 5.74) is 0.836. The minimum Gasteiger partial charge on any atom is -0.377 e. The van der Waals surface area contributed by atoms with Crippen LogP contribution in [-0.2, 0) is 16.0 Å². The first-order valence-corrected chi connectivity index (χ1v) is 6.99. The third-order valence-corrected chi connectivity index (χ3v) is 4.14. The van der Waals surface area contributed by atoms with E-state index in [0.29, 0.717) is 17.5 Å². The summed E-state index contributed by atoms with van der Waals surface area (Å²) in [5, 5.41) is 0. The molecule has 2 nitrogen and oxygen atoms in total. The predicted octanol–water partition coefficient (Wildman–Crippen LogP) is 3.51. The first kappa shape index (κ1) is 13.7. The minimum absolute atomic E-state index is 0.00745. The zero-order valence-electron chi connectivity index (χ0n) is 10.3. The van der Waals surface area contributed by atoms with Crippen molar-refractivity contribution >= 4 is 21.7 Å². The highest BCUT2D eigenvalue weighted by Gasteiger charge is 2.32. The van der Waals surface area contributed by atoms with E-state index in [-0.39, 0.29) is 23.6 Å². The van der Waals surface area contributed by atoms with Crippen LogP contribution in [-0.4, -0.2) is 18.5 Å². The highest BCUT2D eigenvalue weighted by Crippen LogP contribution is 2.27. The van der Waals surface area contributed by atoms with Crippen molar-refractivity contribution in [3.63, 3.8) is 0 Å². The van der Waals surface area contributed by atoms with Crippen LogP contribution < -0.4 is 0 Å². The van der Waals surface area contributed by atoms with Crippen molar-refractivity contribution < 1.29 is 13.9 Å². The summed E-state index contributed by atoms with van der Waals surface area (Å²) >= 11 is 3.29. The van der Waals surface area contributed by atoms with Gasteiger partial charge in [0.1, 0.15) is 11.6 Å². The van der Waals surface area contributed by atoms with Crippen LogP contribution in [0.4, 0.5) is 4.39 Å². The van der Waals surface area contributed by atoms with Crippen LogP contribution in [0, 0.1) is 11.7 Å². The molecule has 1 heterocycles. The molecule has 1 aromatic rings. The summed E-state index contributed by atoms with van der Waals surface area (Å²) in [4.78, 5) is 12.2. The second-order valence-corrected chi connectivity index (χ2v) is 5.45. The Bertz CT molecular complexity index is 447. The Hall–Kier alpha value is -0.740. The lowest BCUT2D eigenvalue weighted by molar-refractivity contribution is -0.123. The van der Waals surface area contributed by atoms with E-state index in [1.54, 1.807) is 6.07 Å². The SMILES string of the molecule is CCC1OCCC1C(=O)Cc1ccc(F)cc1Br. The molecular weight excluding hydrogens is 299 g/mol. The summed E-state index contributed by atoms with van der Waals surface area (Å²) < 4.78 is 19.2. The Morgan fingerprint density at radius 1 is 1.56 bits per heavy atom. The molecule has 0 amide bonds. The highest BCUT2D eigenvalue weighted by atomic mass is 79.9. The van der Waals surface area contributed by atoms with Gasteiger partial charge in [0.25, 0.3) is 0 Å². The van der Waals surface area contributed by atoms with Crippen LogP contribution in [0.25, 0.3) is 0 Å². The molecule has 98 valence electrons. The second kappa shape index (κ2) is 5.93. The average Bonchev–Trinajstić information content (AvgIpc) is 2.81. The topological polar surface area (TPSA) is 26.3 Å². The fraction of sp³-hybridized carbons (Fsp3) is 0.500. The van der Waals surface area contributed by atoms with Crippen LogP contribution in [0.3, 0.4) is 0 Å². The molecule has 0 spiro atoms. The number of rotatable bonds is 4. The molecule has 0 aliphatic carbocycles. The van der Waals surface area contributed by atoms with Gasteiger partial charge in [-0.1, -0.05) is 28.9 Å². The largest absolute Gasteiger partial charge is 0.377 e. The summed E-state index contributed by atoms with van der Waals surface area (Å²) in [6.07, 6.45) is 2.06. The summed E-state index contributed by atoms with van der Waals surface area (Å²) in [5.74, 6) is -0.118. The number of halogens is 2. The van der Waals surface area contributed by atoms with Crippen molar-refractivity contribution in [3.8, 4) is 0 Å². The third-order valence-electron chi connectivity index (χ3n) is 3.41. The summed E-state index contributed by atoms with van der Waals surface area (Å²) in [7, 11) is 0. The molecule has 2 rings (SSSR count). The monoisotopic (exact) mass is 314 g/mol. The molecule has 1 aliphatic heterocycles. The zero-order chi connectivity index (χ0) is 13.1. The molecule has 18 heavy (non-hydrogen) atoms. The molecule has 0 N–H and O–H groups in total. The van der Waals surface area contributed by atoms with Crippen molar-refractivity contribution in [2.75, 3.05) is 6.61 Å². The molecule has 1 saturated heterocycles. The molecular formula is C14H16BrFO2. The minimum atomic E-state index is -0.297. The van der Waals surface area contributed by atoms with Gasteiger partial charge in [0.15, 0.2) is 0 Å². The van der Waals surface area contributed by atoms with Crippen molar-refractivity contribution in [1.29, 1.82) is 0 Å². The number of hydrogen-bond donors (Lipinski definition) is 0. The van der Waals surface area contributed by atoms with Crippen molar-refractivity contribution in [2.24, 2.45) is 5.92 Å². The number of Topliss-reactive ketones (excluding diaryl/α,β-unsaturated/α-hetero) is 1.